The Hall–Kier alpha value is -3.41. The summed E-state index contributed by atoms with van der Waals surface area (Å²) < 4.78 is 3.68. The van der Waals surface area contributed by atoms with E-state index in [-0.39, 0.29) is 5.91 Å². The highest BCUT2D eigenvalue weighted by Crippen LogP contribution is 2.17. The van der Waals surface area contributed by atoms with Crippen LogP contribution in [0.5, 0.6) is 0 Å². The summed E-state index contributed by atoms with van der Waals surface area (Å²) in [5.41, 5.74) is 4.06. The summed E-state index contributed by atoms with van der Waals surface area (Å²) in [6, 6.07) is 13.3. The van der Waals surface area contributed by atoms with Gasteiger partial charge in [0, 0.05) is 23.6 Å². The lowest BCUT2D eigenvalue weighted by atomic mass is 10.2. The highest BCUT2D eigenvalue weighted by molar-refractivity contribution is 6.04. The minimum absolute atomic E-state index is 0.158. The number of amides is 1. The number of rotatable bonds is 3. The Morgan fingerprint density at radius 3 is 2.52 bits per heavy atom. The van der Waals surface area contributed by atoms with E-state index in [4.69, 9.17) is 0 Å². The average Bonchev–Trinajstić information content (AvgIpc) is 3.24. The van der Waals surface area contributed by atoms with E-state index >= 15 is 0 Å². The summed E-state index contributed by atoms with van der Waals surface area (Å²) in [5.74, 6) is 0.543. The predicted molar refractivity (Wildman–Crippen MR) is 96.2 cm³/mol. The van der Waals surface area contributed by atoms with Crippen molar-refractivity contribution in [2.24, 2.45) is 0 Å². The van der Waals surface area contributed by atoms with Gasteiger partial charge in [-0.3, -0.25) is 4.79 Å². The van der Waals surface area contributed by atoms with Gasteiger partial charge in [-0.1, -0.05) is 0 Å². The van der Waals surface area contributed by atoms with Crippen molar-refractivity contribution in [3.63, 3.8) is 0 Å². The van der Waals surface area contributed by atoms with Crippen LogP contribution < -0.4 is 5.32 Å². The molecule has 4 rings (SSSR count). The molecule has 3 heterocycles. The molecule has 6 heteroatoms. The van der Waals surface area contributed by atoms with E-state index in [0.29, 0.717) is 17.1 Å². The molecular weight excluding hydrogens is 314 g/mol. The van der Waals surface area contributed by atoms with Crippen LogP contribution in [0.3, 0.4) is 0 Å². The second-order valence-electron chi connectivity index (χ2n) is 5.93. The molecule has 1 N–H and O–H groups in total. The molecule has 0 aliphatic heterocycles. The number of fused-ring (bicyclic) bond motifs is 1. The van der Waals surface area contributed by atoms with Crippen LogP contribution in [0.25, 0.3) is 11.3 Å². The molecule has 0 aliphatic rings. The molecule has 0 saturated carbocycles. The van der Waals surface area contributed by atoms with Gasteiger partial charge >= 0.3 is 0 Å². The van der Waals surface area contributed by atoms with Crippen molar-refractivity contribution in [1.82, 2.24) is 19.2 Å². The molecule has 1 amide bonds. The van der Waals surface area contributed by atoms with Gasteiger partial charge in [0.2, 0.25) is 0 Å². The Balaban J connectivity index is 1.57. The fourth-order valence-corrected chi connectivity index (χ4v) is 2.82. The Morgan fingerprint density at radius 1 is 1.08 bits per heavy atom. The fraction of sp³-hybridized carbons (Fsp3) is 0.105. The van der Waals surface area contributed by atoms with Crippen LogP contribution in [-0.4, -0.2) is 25.1 Å². The van der Waals surface area contributed by atoms with Gasteiger partial charge in [0.15, 0.2) is 5.65 Å². The number of aryl methyl sites for hydroxylation is 2. The quantitative estimate of drug-likeness (QED) is 0.626. The van der Waals surface area contributed by atoms with Gasteiger partial charge < -0.3 is 9.88 Å². The van der Waals surface area contributed by atoms with Gasteiger partial charge in [0.05, 0.1) is 11.9 Å². The van der Waals surface area contributed by atoms with Crippen LogP contribution in [0.15, 0.2) is 61.1 Å². The first-order valence-corrected chi connectivity index (χ1v) is 7.98. The molecule has 0 radical (unpaired) electrons. The minimum atomic E-state index is -0.158. The number of hydrogen-bond acceptors (Lipinski definition) is 3. The predicted octanol–water partition coefficient (Wildman–Crippen LogP) is 3.39. The summed E-state index contributed by atoms with van der Waals surface area (Å²) in [6.07, 6.45) is 5.70. The molecule has 124 valence electrons. The molecule has 6 nitrogen and oxygen atoms in total. The van der Waals surface area contributed by atoms with E-state index in [9.17, 15) is 4.79 Å². The Kier molecular flexibility index (Phi) is 3.57. The number of nitrogens with zero attached hydrogens (tertiary/aromatic N) is 4. The third kappa shape index (κ3) is 2.89. The number of aromatic nitrogens is 4. The average molecular weight is 331 g/mol. The second kappa shape index (κ2) is 5.90. The van der Waals surface area contributed by atoms with Crippen LogP contribution in [0.2, 0.25) is 0 Å². The van der Waals surface area contributed by atoms with Crippen molar-refractivity contribution in [2.75, 3.05) is 5.32 Å². The first-order chi connectivity index (χ1) is 12.1. The highest BCUT2D eigenvalue weighted by Gasteiger charge is 2.10. The topological polar surface area (TPSA) is 64.2 Å². The zero-order valence-corrected chi connectivity index (χ0v) is 14.0. The summed E-state index contributed by atoms with van der Waals surface area (Å²) in [7, 11) is 0. The molecular formula is C19H17N5O. The van der Waals surface area contributed by atoms with Crippen molar-refractivity contribution in [2.45, 2.75) is 13.8 Å². The van der Waals surface area contributed by atoms with E-state index in [0.717, 1.165) is 16.9 Å². The van der Waals surface area contributed by atoms with Crippen molar-refractivity contribution in [3.8, 4) is 5.69 Å². The lowest BCUT2D eigenvalue weighted by Crippen LogP contribution is -2.12. The van der Waals surface area contributed by atoms with Crippen molar-refractivity contribution in [3.05, 3.63) is 78.0 Å². The number of benzene rings is 1. The summed E-state index contributed by atoms with van der Waals surface area (Å²) in [4.78, 5) is 16.9. The van der Waals surface area contributed by atoms with Gasteiger partial charge in [0.25, 0.3) is 5.91 Å². The third-order valence-corrected chi connectivity index (χ3v) is 4.01. The first kappa shape index (κ1) is 15.1. The number of hydrogen-bond donors (Lipinski definition) is 1. The smallest absolute Gasteiger partial charge is 0.255 e. The normalized spacial score (nSPS) is 11.0. The molecule has 4 aromatic rings. The summed E-state index contributed by atoms with van der Waals surface area (Å²) in [6.45, 7) is 3.79. The van der Waals surface area contributed by atoms with Crippen molar-refractivity contribution >= 4 is 17.2 Å². The van der Waals surface area contributed by atoms with Crippen LogP contribution >= 0.6 is 0 Å². The van der Waals surface area contributed by atoms with E-state index in [2.05, 4.69) is 15.4 Å². The van der Waals surface area contributed by atoms with Crippen LogP contribution in [0.4, 0.5) is 5.69 Å². The Morgan fingerprint density at radius 2 is 1.80 bits per heavy atom. The third-order valence-electron chi connectivity index (χ3n) is 4.01. The van der Waals surface area contributed by atoms with E-state index in [1.165, 1.54) is 0 Å². The maximum Gasteiger partial charge on any atom is 0.255 e. The number of carbonyl (C=O) groups is 1. The zero-order chi connectivity index (χ0) is 17.4. The molecule has 0 saturated heterocycles. The molecule has 3 aromatic heterocycles. The lowest BCUT2D eigenvalue weighted by Gasteiger charge is -2.08. The summed E-state index contributed by atoms with van der Waals surface area (Å²) in [5, 5.41) is 7.23. The van der Waals surface area contributed by atoms with Crippen molar-refractivity contribution < 1.29 is 4.79 Å². The Bertz CT molecular complexity index is 1050. The van der Waals surface area contributed by atoms with Gasteiger partial charge in [-0.15, -0.1) is 0 Å². The molecule has 0 spiro atoms. The van der Waals surface area contributed by atoms with Gasteiger partial charge in [-0.2, -0.15) is 5.10 Å². The van der Waals surface area contributed by atoms with Crippen LogP contribution in [0, 0.1) is 13.8 Å². The summed E-state index contributed by atoms with van der Waals surface area (Å²) >= 11 is 0. The SMILES string of the molecule is Cc1nc2c(C)cc(NC(=O)c3ccc(-n4cccc4)cc3)cn2n1. The maximum atomic E-state index is 12.5. The number of anilines is 1. The van der Waals surface area contributed by atoms with Crippen molar-refractivity contribution in [1.29, 1.82) is 0 Å². The van der Waals surface area contributed by atoms with E-state index in [1.54, 1.807) is 10.7 Å². The molecule has 0 fully saturated rings. The van der Waals surface area contributed by atoms with Crippen LogP contribution in [-0.2, 0) is 0 Å². The van der Waals surface area contributed by atoms with Gasteiger partial charge in [0.1, 0.15) is 5.82 Å². The molecule has 25 heavy (non-hydrogen) atoms. The van der Waals surface area contributed by atoms with Gasteiger partial charge in [-0.05, 0) is 61.9 Å². The van der Waals surface area contributed by atoms with Gasteiger partial charge in [-0.25, -0.2) is 9.50 Å². The monoisotopic (exact) mass is 331 g/mol. The molecule has 0 unspecified atom stereocenters. The zero-order valence-electron chi connectivity index (χ0n) is 14.0. The Labute approximate surface area is 144 Å². The van der Waals surface area contributed by atoms with E-state index < -0.39 is 0 Å². The minimum Gasteiger partial charge on any atom is -0.324 e. The number of carbonyl (C=O) groups excluding carboxylic acids is 1. The number of pyridine rings is 1. The molecule has 0 aliphatic carbocycles. The largest absolute Gasteiger partial charge is 0.324 e. The highest BCUT2D eigenvalue weighted by atomic mass is 16.1. The molecule has 0 atom stereocenters. The fourth-order valence-electron chi connectivity index (χ4n) is 2.82. The standard InChI is InChI=1S/C19H17N5O/c1-13-11-16(12-24-18(13)20-14(2)22-24)21-19(25)15-5-7-17(8-6-15)23-9-3-4-10-23/h3-12H,1-2H3,(H,21,25). The first-order valence-electron chi connectivity index (χ1n) is 7.98. The molecule has 0 bridgehead atoms. The second-order valence-corrected chi connectivity index (χ2v) is 5.93. The number of nitrogens with one attached hydrogen (secondary N) is 1. The van der Waals surface area contributed by atoms with E-state index in [1.807, 2.05) is 73.3 Å². The van der Waals surface area contributed by atoms with Crippen LogP contribution in [0.1, 0.15) is 21.7 Å². The lowest BCUT2D eigenvalue weighted by molar-refractivity contribution is 0.102. The molecule has 1 aromatic carbocycles. The maximum absolute atomic E-state index is 12.5.